The van der Waals surface area contributed by atoms with E-state index in [1.54, 1.807) is 0 Å². The lowest BCUT2D eigenvalue weighted by Gasteiger charge is -2.52. The first-order chi connectivity index (χ1) is 13.5. The van der Waals surface area contributed by atoms with Crippen LogP contribution in [-0.4, -0.2) is 53.8 Å². The quantitative estimate of drug-likeness (QED) is 0.851. The van der Waals surface area contributed by atoms with E-state index in [0.29, 0.717) is 42.8 Å². The van der Waals surface area contributed by atoms with Crippen molar-refractivity contribution < 1.29 is 9.59 Å². The molecule has 3 fully saturated rings. The van der Waals surface area contributed by atoms with Crippen LogP contribution in [0.15, 0.2) is 24.3 Å². The molecule has 3 aliphatic heterocycles. The molecule has 3 heterocycles. The fraction of sp³-hybridized carbons (Fsp3) is 0.652. The minimum atomic E-state index is 0.101. The van der Waals surface area contributed by atoms with Crippen LogP contribution in [0.3, 0.4) is 0 Å². The highest BCUT2D eigenvalue weighted by Crippen LogP contribution is 2.37. The van der Waals surface area contributed by atoms with E-state index >= 15 is 0 Å². The summed E-state index contributed by atoms with van der Waals surface area (Å²) in [4.78, 5) is 29.2. The van der Waals surface area contributed by atoms with Crippen LogP contribution < -0.4 is 5.32 Å². The van der Waals surface area contributed by atoms with Crippen molar-refractivity contribution in [2.45, 2.75) is 58.0 Å². The van der Waals surface area contributed by atoms with E-state index in [1.807, 2.05) is 0 Å². The minimum absolute atomic E-state index is 0.101. The van der Waals surface area contributed by atoms with Gasteiger partial charge in [-0.05, 0) is 48.1 Å². The van der Waals surface area contributed by atoms with Crippen LogP contribution in [-0.2, 0) is 16.1 Å². The Kier molecular flexibility index (Phi) is 5.72. The van der Waals surface area contributed by atoms with Gasteiger partial charge in [-0.3, -0.25) is 14.5 Å². The molecule has 3 atom stereocenters. The van der Waals surface area contributed by atoms with Crippen LogP contribution in [0.5, 0.6) is 0 Å². The fourth-order valence-electron chi connectivity index (χ4n) is 5.32. The third-order valence-corrected chi connectivity index (χ3v) is 6.76. The molecular formula is C23H33N3O2. The Bertz CT molecular complexity index is 715. The average Bonchev–Trinajstić information content (AvgIpc) is 2.67. The number of hydrogen-bond acceptors (Lipinski definition) is 3. The lowest BCUT2D eigenvalue weighted by molar-refractivity contribution is -0.145. The zero-order valence-corrected chi connectivity index (χ0v) is 17.2. The molecule has 3 aliphatic rings. The van der Waals surface area contributed by atoms with Crippen molar-refractivity contribution in [2.24, 2.45) is 11.8 Å². The Morgan fingerprint density at radius 1 is 1.18 bits per heavy atom. The van der Waals surface area contributed by atoms with E-state index in [0.717, 1.165) is 44.5 Å². The van der Waals surface area contributed by atoms with Crippen molar-refractivity contribution in [2.75, 3.05) is 26.2 Å². The summed E-state index contributed by atoms with van der Waals surface area (Å²) < 4.78 is 0. The molecular weight excluding hydrogens is 350 g/mol. The van der Waals surface area contributed by atoms with Gasteiger partial charge in [0.15, 0.2) is 0 Å². The molecule has 2 unspecified atom stereocenters. The molecule has 1 aromatic rings. The van der Waals surface area contributed by atoms with Crippen molar-refractivity contribution in [1.29, 1.82) is 0 Å². The summed E-state index contributed by atoms with van der Waals surface area (Å²) in [5, 5.41) is 3.08. The van der Waals surface area contributed by atoms with Crippen LogP contribution in [0, 0.1) is 11.8 Å². The Morgan fingerprint density at radius 3 is 2.71 bits per heavy atom. The van der Waals surface area contributed by atoms with Gasteiger partial charge in [-0.15, -0.1) is 0 Å². The first-order valence-corrected chi connectivity index (χ1v) is 10.9. The maximum absolute atomic E-state index is 12.5. The van der Waals surface area contributed by atoms with Crippen molar-refractivity contribution in [3.63, 3.8) is 0 Å². The highest BCUT2D eigenvalue weighted by atomic mass is 16.2. The van der Waals surface area contributed by atoms with Gasteiger partial charge < -0.3 is 10.2 Å². The van der Waals surface area contributed by atoms with Gasteiger partial charge in [-0.25, -0.2) is 0 Å². The Hall–Kier alpha value is -1.88. The number of carbonyl (C=O) groups excluding carboxylic acids is 2. The molecule has 1 aromatic carbocycles. The second-order valence-electron chi connectivity index (χ2n) is 9.23. The van der Waals surface area contributed by atoms with Crippen LogP contribution in [0.2, 0.25) is 0 Å². The average molecular weight is 384 g/mol. The number of nitrogens with one attached hydrogen (secondary N) is 1. The molecule has 2 amide bonds. The van der Waals surface area contributed by atoms with Gasteiger partial charge in [0.25, 0.3) is 0 Å². The first-order valence-electron chi connectivity index (χ1n) is 10.9. The van der Waals surface area contributed by atoms with Crippen molar-refractivity contribution in [3.8, 4) is 0 Å². The van der Waals surface area contributed by atoms with Crippen LogP contribution >= 0.6 is 0 Å². The molecule has 0 radical (unpaired) electrons. The summed E-state index contributed by atoms with van der Waals surface area (Å²) in [5.41, 5.74) is 2.47. The Balaban J connectivity index is 1.28. The molecule has 5 nitrogen and oxygen atoms in total. The lowest BCUT2D eigenvalue weighted by atomic mass is 9.76. The summed E-state index contributed by atoms with van der Waals surface area (Å²) in [6.07, 6.45) is 4.10. The number of carbonyl (C=O) groups is 2. The topological polar surface area (TPSA) is 52.7 Å². The summed E-state index contributed by atoms with van der Waals surface area (Å²) in [6.45, 7) is 8.20. The van der Waals surface area contributed by atoms with Gasteiger partial charge in [0, 0.05) is 38.6 Å². The highest BCUT2D eigenvalue weighted by molar-refractivity contribution is 5.78. The molecule has 2 bridgehead atoms. The number of rotatable bonds is 5. The predicted octanol–water partition coefficient (Wildman–Crippen LogP) is 2.76. The molecule has 4 rings (SSSR count). The van der Waals surface area contributed by atoms with E-state index in [-0.39, 0.29) is 5.91 Å². The maximum atomic E-state index is 12.5. The molecule has 0 spiro atoms. The SMILES string of the molecule is CC(C)c1ccc(CNC(=O)CN2CC3CC(C2)[C@H]2CCCC(=O)N2C3)cc1. The summed E-state index contributed by atoms with van der Waals surface area (Å²) in [6, 6.07) is 8.91. The largest absolute Gasteiger partial charge is 0.351 e. The van der Waals surface area contributed by atoms with E-state index in [4.69, 9.17) is 0 Å². The van der Waals surface area contributed by atoms with Crippen LogP contribution in [0.25, 0.3) is 0 Å². The van der Waals surface area contributed by atoms with E-state index in [2.05, 4.69) is 53.2 Å². The molecule has 28 heavy (non-hydrogen) atoms. The maximum Gasteiger partial charge on any atom is 0.234 e. The van der Waals surface area contributed by atoms with Crippen LogP contribution in [0.4, 0.5) is 0 Å². The number of likely N-dealkylation sites (tertiary alicyclic amines) is 1. The number of nitrogens with zero attached hydrogens (tertiary/aromatic N) is 2. The summed E-state index contributed by atoms with van der Waals surface area (Å²) in [5.74, 6) is 2.03. The molecule has 5 heteroatoms. The van der Waals surface area contributed by atoms with Crippen molar-refractivity contribution in [3.05, 3.63) is 35.4 Å². The van der Waals surface area contributed by atoms with E-state index < -0.39 is 0 Å². The number of amides is 2. The smallest absolute Gasteiger partial charge is 0.234 e. The number of fused-ring (bicyclic) bond motifs is 4. The minimum Gasteiger partial charge on any atom is -0.351 e. The van der Waals surface area contributed by atoms with Gasteiger partial charge in [0.1, 0.15) is 0 Å². The van der Waals surface area contributed by atoms with Gasteiger partial charge in [-0.1, -0.05) is 38.1 Å². The molecule has 152 valence electrons. The molecule has 0 aliphatic carbocycles. The van der Waals surface area contributed by atoms with Gasteiger partial charge in [0.2, 0.25) is 11.8 Å². The van der Waals surface area contributed by atoms with Crippen molar-refractivity contribution >= 4 is 11.8 Å². The molecule has 0 aromatic heterocycles. The van der Waals surface area contributed by atoms with Gasteiger partial charge in [-0.2, -0.15) is 0 Å². The Labute approximate surface area is 168 Å². The Morgan fingerprint density at radius 2 is 1.96 bits per heavy atom. The number of hydrogen-bond donors (Lipinski definition) is 1. The summed E-state index contributed by atoms with van der Waals surface area (Å²) >= 11 is 0. The summed E-state index contributed by atoms with van der Waals surface area (Å²) in [7, 11) is 0. The lowest BCUT2D eigenvalue weighted by Crippen LogP contribution is -2.61. The second kappa shape index (κ2) is 8.24. The number of benzene rings is 1. The fourth-order valence-corrected chi connectivity index (χ4v) is 5.32. The third kappa shape index (κ3) is 4.24. The van der Waals surface area contributed by atoms with E-state index in [9.17, 15) is 9.59 Å². The highest BCUT2D eigenvalue weighted by Gasteiger charge is 2.43. The molecule has 1 N–H and O–H groups in total. The zero-order valence-electron chi connectivity index (χ0n) is 17.2. The standard InChI is InChI=1S/C23H33N3O2/c1-16(2)19-8-6-17(7-9-19)11-24-22(27)15-25-12-18-10-20(14-25)21-4-3-5-23(28)26(21)13-18/h6-9,16,18,20-21H,3-5,10-15H2,1-2H3,(H,24,27)/t18?,20?,21-/m1/s1. The van der Waals surface area contributed by atoms with Gasteiger partial charge >= 0.3 is 0 Å². The first kappa shape index (κ1) is 19.4. The van der Waals surface area contributed by atoms with Crippen LogP contribution in [0.1, 0.15) is 56.6 Å². The van der Waals surface area contributed by atoms with E-state index in [1.165, 1.54) is 12.0 Å². The monoisotopic (exact) mass is 383 g/mol. The second-order valence-corrected chi connectivity index (χ2v) is 9.23. The normalized spacial score (nSPS) is 27.6. The number of piperidine rings is 3. The molecule has 3 saturated heterocycles. The van der Waals surface area contributed by atoms with Gasteiger partial charge in [0.05, 0.1) is 6.54 Å². The van der Waals surface area contributed by atoms with Crippen molar-refractivity contribution in [1.82, 2.24) is 15.1 Å². The zero-order chi connectivity index (χ0) is 19.7. The molecule has 0 saturated carbocycles. The predicted molar refractivity (Wildman–Crippen MR) is 110 cm³/mol. The third-order valence-electron chi connectivity index (χ3n) is 6.76.